The lowest BCUT2D eigenvalue weighted by molar-refractivity contribution is -0.145. The molecule has 2 aromatic carbocycles. The molecule has 2 N–H and O–H groups in total. The van der Waals surface area contributed by atoms with E-state index in [9.17, 15) is 15.0 Å². The summed E-state index contributed by atoms with van der Waals surface area (Å²) in [6, 6.07) is 19.0. The van der Waals surface area contributed by atoms with Crippen molar-refractivity contribution in [3.8, 4) is 0 Å². The molecule has 27 heavy (non-hydrogen) atoms. The lowest BCUT2D eigenvalue weighted by atomic mass is 10.0. The summed E-state index contributed by atoms with van der Waals surface area (Å²) in [6.07, 6.45) is -1.57. The molecule has 0 radical (unpaired) electrons. The van der Waals surface area contributed by atoms with Gasteiger partial charge in [-0.2, -0.15) is 0 Å². The summed E-state index contributed by atoms with van der Waals surface area (Å²) >= 11 is 3.70. The third kappa shape index (κ3) is 4.69. The number of amides is 1. The summed E-state index contributed by atoms with van der Waals surface area (Å²) in [5.41, 5.74) is 1.71. The number of nitrogens with zero attached hydrogens (tertiary/aromatic N) is 1. The third-order valence-corrected chi connectivity index (χ3v) is 8.04. The summed E-state index contributed by atoms with van der Waals surface area (Å²) in [4.78, 5) is 14.4. The van der Waals surface area contributed by atoms with Crippen LogP contribution in [0.5, 0.6) is 0 Å². The smallest absolute Gasteiger partial charge is 0.254 e. The molecule has 0 bridgehead atoms. The van der Waals surface area contributed by atoms with Crippen LogP contribution < -0.4 is 0 Å². The first-order chi connectivity index (χ1) is 13.0. The minimum absolute atomic E-state index is 0.249. The highest BCUT2D eigenvalue weighted by Crippen LogP contribution is 2.50. The second kappa shape index (κ2) is 9.15. The van der Waals surface area contributed by atoms with E-state index in [0.717, 1.165) is 17.9 Å². The fourth-order valence-electron chi connectivity index (χ4n) is 3.20. The van der Waals surface area contributed by atoms with Gasteiger partial charge in [-0.25, -0.2) is 0 Å². The van der Waals surface area contributed by atoms with Gasteiger partial charge in [0.05, 0.1) is 0 Å². The van der Waals surface area contributed by atoms with Gasteiger partial charge in [-0.1, -0.05) is 60.7 Å². The molecule has 1 aliphatic rings. The van der Waals surface area contributed by atoms with E-state index in [1.165, 1.54) is 5.56 Å². The van der Waals surface area contributed by atoms with Crippen molar-refractivity contribution < 1.29 is 15.0 Å². The van der Waals surface area contributed by atoms with E-state index in [1.807, 2.05) is 47.8 Å². The molecule has 1 aliphatic heterocycles. The monoisotopic (exact) mass is 403 g/mol. The largest absolute Gasteiger partial charge is 0.385 e. The zero-order chi connectivity index (χ0) is 19.3. The molecule has 1 fully saturated rings. The Morgan fingerprint density at radius 3 is 2.19 bits per heavy atom. The van der Waals surface area contributed by atoms with Crippen molar-refractivity contribution in [2.45, 2.75) is 22.7 Å². The van der Waals surface area contributed by atoms with Crippen LogP contribution in [0.1, 0.15) is 23.7 Å². The summed E-state index contributed by atoms with van der Waals surface area (Å²) in [5, 5.41) is 20.8. The zero-order valence-corrected chi connectivity index (χ0v) is 17.0. The molecule has 2 aromatic rings. The average molecular weight is 404 g/mol. The third-order valence-electron chi connectivity index (χ3n) is 4.69. The van der Waals surface area contributed by atoms with Gasteiger partial charge >= 0.3 is 0 Å². The Bertz CT molecular complexity index is 736. The van der Waals surface area contributed by atoms with E-state index in [4.69, 9.17) is 0 Å². The maximum Gasteiger partial charge on any atom is 0.254 e. The molecule has 0 unspecified atom stereocenters. The molecule has 0 saturated carbocycles. The van der Waals surface area contributed by atoms with Gasteiger partial charge < -0.3 is 15.1 Å². The summed E-state index contributed by atoms with van der Waals surface area (Å²) in [7, 11) is 1.70. The fraction of sp³-hybridized carbons (Fsp3) is 0.381. The van der Waals surface area contributed by atoms with Crippen LogP contribution in [0, 0.1) is 0 Å². The average Bonchev–Trinajstić information content (AvgIpc) is 2.74. The summed E-state index contributed by atoms with van der Waals surface area (Å²) in [6.45, 7) is 0.476. The number of benzene rings is 2. The SMILES string of the molecule is CN(CC1(c2ccccc2)SCCCS1)C(=O)[C@H](O)[C@@H](O)c1ccccc1. The lowest BCUT2D eigenvalue weighted by Crippen LogP contribution is -2.45. The zero-order valence-electron chi connectivity index (χ0n) is 15.3. The molecule has 2 atom stereocenters. The van der Waals surface area contributed by atoms with Gasteiger partial charge in [-0.3, -0.25) is 4.79 Å². The second-order valence-electron chi connectivity index (χ2n) is 6.66. The number of aliphatic hydroxyl groups is 2. The Morgan fingerprint density at radius 2 is 1.59 bits per heavy atom. The number of rotatable bonds is 6. The Hall–Kier alpha value is -1.47. The molecule has 0 aromatic heterocycles. The molecule has 0 aliphatic carbocycles. The van der Waals surface area contributed by atoms with Gasteiger partial charge in [0, 0.05) is 13.6 Å². The van der Waals surface area contributed by atoms with Crippen LogP contribution in [0.15, 0.2) is 60.7 Å². The van der Waals surface area contributed by atoms with Gasteiger partial charge in [0.15, 0.2) is 6.10 Å². The van der Waals surface area contributed by atoms with Crippen LogP contribution in [-0.2, 0) is 8.87 Å². The molecule has 144 valence electrons. The Kier molecular flexibility index (Phi) is 6.87. The highest BCUT2D eigenvalue weighted by molar-refractivity contribution is 8.18. The van der Waals surface area contributed by atoms with E-state index >= 15 is 0 Å². The van der Waals surface area contributed by atoms with Crippen molar-refractivity contribution in [1.82, 2.24) is 4.90 Å². The number of hydrogen-bond acceptors (Lipinski definition) is 5. The number of hydrogen-bond donors (Lipinski definition) is 2. The van der Waals surface area contributed by atoms with Gasteiger partial charge in [-0.05, 0) is 29.1 Å². The molecular weight excluding hydrogens is 378 g/mol. The molecule has 1 saturated heterocycles. The Labute approximate surface area is 169 Å². The van der Waals surface area contributed by atoms with Crippen molar-refractivity contribution in [2.75, 3.05) is 25.1 Å². The van der Waals surface area contributed by atoms with E-state index in [-0.39, 0.29) is 4.08 Å². The predicted octanol–water partition coefficient (Wildman–Crippen LogP) is 3.26. The van der Waals surface area contributed by atoms with Crippen LogP contribution in [0.2, 0.25) is 0 Å². The fourth-order valence-corrected chi connectivity index (χ4v) is 6.63. The second-order valence-corrected chi connectivity index (χ2v) is 9.71. The van der Waals surface area contributed by atoms with Crippen LogP contribution in [0.25, 0.3) is 0 Å². The van der Waals surface area contributed by atoms with E-state index in [1.54, 1.807) is 36.2 Å². The highest BCUT2D eigenvalue weighted by Gasteiger charge is 2.39. The van der Waals surface area contributed by atoms with Crippen molar-refractivity contribution in [2.24, 2.45) is 0 Å². The Balaban J connectivity index is 1.75. The number of carbonyl (C=O) groups excluding carboxylic acids is 1. The quantitative estimate of drug-likeness (QED) is 0.775. The van der Waals surface area contributed by atoms with Gasteiger partial charge in [-0.15, -0.1) is 23.5 Å². The number of aliphatic hydroxyl groups excluding tert-OH is 2. The molecular formula is C21H25NO3S2. The number of likely N-dealkylation sites (N-methyl/N-ethyl adjacent to an activating group) is 1. The molecule has 1 amide bonds. The van der Waals surface area contributed by atoms with Crippen molar-refractivity contribution in [3.63, 3.8) is 0 Å². The van der Waals surface area contributed by atoms with Crippen LogP contribution >= 0.6 is 23.5 Å². The minimum Gasteiger partial charge on any atom is -0.385 e. The number of carbonyl (C=O) groups is 1. The van der Waals surface area contributed by atoms with E-state index in [0.29, 0.717) is 12.1 Å². The topological polar surface area (TPSA) is 60.8 Å². The summed E-state index contributed by atoms with van der Waals surface area (Å²) in [5.74, 6) is 1.62. The lowest BCUT2D eigenvalue weighted by Gasteiger charge is -2.40. The van der Waals surface area contributed by atoms with Gasteiger partial charge in [0.1, 0.15) is 10.2 Å². The van der Waals surface area contributed by atoms with E-state index in [2.05, 4.69) is 12.1 Å². The van der Waals surface area contributed by atoms with Crippen LogP contribution in [0.4, 0.5) is 0 Å². The molecule has 6 heteroatoms. The molecule has 3 rings (SSSR count). The standard InChI is InChI=1S/C21H25NO3S2/c1-22(20(25)19(24)18(23)16-9-4-2-5-10-16)15-21(26-13-8-14-27-21)17-11-6-3-7-12-17/h2-7,9-12,18-19,23-24H,8,13-15H2,1H3/t18-,19+/m0/s1. The van der Waals surface area contributed by atoms with Crippen LogP contribution in [-0.4, -0.2) is 52.2 Å². The van der Waals surface area contributed by atoms with Gasteiger partial charge in [0.2, 0.25) is 0 Å². The van der Waals surface area contributed by atoms with Crippen molar-refractivity contribution in [1.29, 1.82) is 0 Å². The molecule has 0 spiro atoms. The predicted molar refractivity (Wildman–Crippen MR) is 113 cm³/mol. The highest BCUT2D eigenvalue weighted by atomic mass is 32.2. The molecule has 4 nitrogen and oxygen atoms in total. The summed E-state index contributed by atoms with van der Waals surface area (Å²) < 4.78 is -0.249. The Morgan fingerprint density at radius 1 is 1.04 bits per heavy atom. The normalized spacial score (nSPS) is 18.5. The van der Waals surface area contributed by atoms with Crippen LogP contribution in [0.3, 0.4) is 0 Å². The minimum atomic E-state index is -1.48. The van der Waals surface area contributed by atoms with Crippen molar-refractivity contribution in [3.05, 3.63) is 71.8 Å². The number of thioether (sulfide) groups is 2. The van der Waals surface area contributed by atoms with Crippen molar-refractivity contribution >= 4 is 29.4 Å². The maximum absolute atomic E-state index is 12.8. The van der Waals surface area contributed by atoms with E-state index < -0.39 is 18.1 Å². The maximum atomic E-state index is 12.8. The first-order valence-electron chi connectivity index (χ1n) is 9.03. The first-order valence-corrected chi connectivity index (χ1v) is 11.0. The van der Waals surface area contributed by atoms with Gasteiger partial charge in [0.25, 0.3) is 5.91 Å². The molecule has 1 heterocycles. The first kappa shape index (κ1) is 20.3.